The Kier molecular flexibility index (Phi) is 5.47. The summed E-state index contributed by atoms with van der Waals surface area (Å²) in [6, 6.07) is 14.4. The van der Waals surface area contributed by atoms with Gasteiger partial charge < -0.3 is 10.6 Å². The molecule has 0 saturated heterocycles. The molecule has 0 bridgehead atoms. The van der Waals surface area contributed by atoms with Crippen molar-refractivity contribution in [2.45, 2.75) is 66.5 Å². The van der Waals surface area contributed by atoms with Crippen LogP contribution in [-0.4, -0.2) is 13.1 Å². The van der Waals surface area contributed by atoms with Crippen LogP contribution >= 0.6 is 0 Å². The summed E-state index contributed by atoms with van der Waals surface area (Å²) in [5.74, 6) is 0.848. The van der Waals surface area contributed by atoms with Crippen LogP contribution in [0.2, 0.25) is 0 Å². The molecule has 2 heteroatoms. The minimum absolute atomic E-state index is 0.424. The predicted molar refractivity (Wildman–Crippen MR) is 135 cm³/mol. The van der Waals surface area contributed by atoms with Crippen LogP contribution in [-0.2, 0) is 13.1 Å². The Bertz CT molecular complexity index is 1060. The summed E-state index contributed by atoms with van der Waals surface area (Å²) < 4.78 is 0. The van der Waals surface area contributed by atoms with Gasteiger partial charge in [0.1, 0.15) is 0 Å². The average molecular weight is 425 g/mol. The zero-order chi connectivity index (χ0) is 22.6. The summed E-state index contributed by atoms with van der Waals surface area (Å²) in [5, 5.41) is 7.47. The molecular formula is C30H36N2. The molecule has 2 unspecified atom stereocenters. The van der Waals surface area contributed by atoms with Crippen LogP contribution in [0.15, 0.2) is 36.4 Å². The third-order valence-electron chi connectivity index (χ3n) is 7.65. The Morgan fingerprint density at radius 1 is 0.531 bits per heavy atom. The number of fused-ring (bicyclic) bond motifs is 2. The van der Waals surface area contributed by atoms with Gasteiger partial charge in [-0.3, -0.25) is 0 Å². The highest BCUT2D eigenvalue weighted by atomic mass is 14.9. The summed E-state index contributed by atoms with van der Waals surface area (Å²) >= 11 is 0. The van der Waals surface area contributed by atoms with E-state index in [-0.39, 0.29) is 0 Å². The first-order valence-corrected chi connectivity index (χ1v) is 12.1. The van der Waals surface area contributed by atoms with Gasteiger partial charge in [0, 0.05) is 38.0 Å². The molecule has 2 aliphatic heterocycles. The lowest BCUT2D eigenvalue weighted by Gasteiger charge is -2.34. The van der Waals surface area contributed by atoms with Gasteiger partial charge in [0.15, 0.2) is 0 Å². The number of rotatable bonds is 2. The van der Waals surface area contributed by atoms with Crippen molar-refractivity contribution in [3.05, 3.63) is 103 Å². The number of nitrogens with one attached hydrogen (secondary N) is 2. The molecule has 0 fully saturated rings. The number of benzene rings is 3. The van der Waals surface area contributed by atoms with E-state index in [2.05, 4.69) is 88.6 Å². The lowest BCUT2D eigenvalue weighted by atomic mass is 9.76. The molecule has 0 aliphatic carbocycles. The average Bonchev–Trinajstić information content (AvgIpc) is 2.71. The van der Waals surface area contributed by atoms with E-state index < -0.39 is 0 Å². The van der Waals surface area contributed by atoms with Gasteiger partial charge in [0.2, 0.25) is 0 Å². The van der Waals surface area contributed by atoms with Gasteiger partial charge in [-0.1, -0.05) is 47.5 Å². The van der Waals surface area contributed by atoms with E-state index in [9.17, 15) is 0 Å². The monoisotopic (exact) mass is 424 g/mol. The first kappa shape index (κ1) is 21.4. The predicted octanol–water partition coefficient (Wildman–Crippen LogP) is 6.01. The van der Waals surface area contributed by atoms with Crippen molar-refractivity contribution in [1.29, 1.82) is 0 Å². The van der Waals surface area contributed by atoms with Crippen molar-refractivity contribution in [2.75, 3.05) is 13.1 Å². The molecule has 166 valence electrons. The topological polar surface area (TPSA) is 24.1 Å². The van der Waals surface area contributed by atoms with Crippen molar-refractivity contribution >= 4 is 0 Å². The molecule has 2 N–H and O–H groups in total. The van der Waals surface area contributed by atoms with Crippen molar-refractivity contribution in [2.24, 2.45) is 0 Å². The summed E-state index contributed by atoms with van der Waals surface area (Å²) in [7, 11) is 0. The Balaban J connectivity index is 1.63. The zero-order valence-corrected chi connectivity index (χ0v) is 20.4. The SMILES string of the molecule is Cc1cc(C)c(C2CNCc3cc4c(cc32)CNCC4c2c(C)cc(C)cc2C)c(C)c1. The second-order valence-electron chi connectivity index (χ2n) is 10.2. The second-order valence-corrected chi connectivity index (χ2v) is 10.2. The standard InChI is InChI=1S/C30H36N2/c1-17-7-19(3)29(20(4)8-17)27-15-31-13-23-12-26-24(11-25(23)27)14-32-16-28(26)30-21(5)9-18(2)10-22(30)6/h7-12,27-28,31-32H,13-16H2,1-6H3. The lowest BCUT2D eigenvalue weighted by Crippen LogP contribution is -2.33. The maximum atomic E-state index is 3.73. The van der Waals surface area contributed by atoms with Crippen LogP contribution in [0, 0.1) is 41.5 Å². The summed E-state index contributed by atoms with van der Waals surface area (Å²) in [6.07, 6.45) is 0. The van der Waals surface area contributed by atoms with Crippen LogP contribution in [0.1, 0.15) is 78.6 Å². The van der Waals surface area contributed by atoms with Crippen LogP contribution in [0.3, 0.4) is 0 Å². The summed E-state index contributed by atoms with van der Waals surface area (Å²) in [4.78, 5) is 0. The Morgan fingerprint density at radius 3 is 1.22 bits per heavy atom. The minimum atomic E-state index is 0.424. The van der Waals surface area contributed by atoms with E-state index in [1.54, 1.807) is 0 Å². The quantitative estimate of drug-likeness (QED) is 0.527. The van der Waals surface area contributed by atoms with E-state index in [1.165, 1.54) is 66.8 Å². The van der Waals surface area contributed by atoms with Crippen LogP contribution in [0.4, 0.5) is 0 Å². The minimum Gasteiger partial charge on any atom is -0.312 e. The fraction of sp³-hybridized carbons (Fsp3) is 0.400. The van der Waals surface area contributed by atoms with E-state index in [0.717, 1.165) is 26.2 Å². The third kappa shape index (κ3) is 3.60. The van der Waals surface area contributed by atoms with Gasteiger partial charge in [-0.2, -0.15) is 0 Å². The molecule has 2 atom stereocenters. The third-order valence-corrected chi connectivity index (χ3v) is 7.65. The molecule has 2 nitrogen and oxygen atoms in total. The molecule has 5 rings (SSSR count). The molecule has 0 radical (unpaired) electrons. The van der Waals surface area contributed by atoms with Crippen LogP contribution in [0.25, 0.3) is 0 Å². The fourth-order valence-electron chi connectivity index (χ4n) is 6.60. The number of aryl methyl sites for hydroxylation is 6. The molecule has 32 heavy (non-hydrogen) atoms. The van der Waals surface area contributed by atoms with Gasteiger partial charge >= 0.3 is 0 Å². The Labute approximate surface area is 193 Å². The van der Waals surface area contributed by atoms with Crippen LogP contribution < -0.4 is 10.6 Å². The van der Waals surface area contributed by atoms with Gasteiger partial charge in [-0.25, -0.2) is 0 Å². The van der Waals surface area contributed by atoms with Crippen molar-refractivity contribution in [3.8, 4) is 0 Å². The molecule has 0 saturated carbocycles. The maximum Gasteiger partial charge on any atom is 0.0223 e. The number of hydrogen-bond donors (Lipinski definition) is 2. The molecule has 3 aromatic rings. The largest absolute Gasteiger partial charge is 0.312 e. The van der Waals surface area contributed by atoms with Gasteiger partial charge in [-0.05, 0) is 97.2 Å². The molecule has 3 aromatic carbocycles. The highest BCUT2D eigenvalue weighted by Gasteiger charge is 2.30. The normalized spacial score (nSPS) is 20.1. The first-order chi connectivity index (χ1) is 15.3. The number of hydrogen-bond acceptors (Lipinski definition) is 2. The van der Waals surface area contributed by atoms with Gasteiger partial charge in [0.05, 0.1) is 0 Å². The molecule has 0 aromatic heterocycles. The Hall–Kier alpha value is -2.42. The van der Waals surface area contributed by atoms with E-state index in [0.29, 0.717) is 11.8 Å². The highest BCUT2D eigenvalue weighted by Crippen LogP contribution is 2.40. The smallest absolute Gasteiger partial charge is 0.0223 e. The van der Waals surface area contributed by atoms with Crippen molar-refractivity contribution in [3.63, 3.8) is 0 Å². The Morgan fingerprint density at radius 2 is 0.875 bits per heavy atom. The van der Waals surface area contributed by atoms with Crippen molar-refractivity contribution < 1.29 is 0 Å². The molecule has 0 amide bonds. The van der Waals surface area contributed by atoms with Crippen molar-refractivity contribution in [1.82, 2.24) is 10.6 Å². The lowest BCUT2D eigenvalue weighted by molar-refractivity contribution is 0.564. The highest BCUT2D eigenvalue weighted by molar-refractivity contribution is 5.54. The van der Waals surface area contributed by atoms with Crippen LogP contribution in [0.5, 0.6) is 0 Å². The van der Waals surface area contributed by atoms with E-state index in [4.69, 9.17) is 0 Å². The second kappa shape index (κ2) is 8.17. The maximum absolute atomic E-state index is 3.73. The van der Waals surface area contributed by atoms with Gasteiger partial charge in [-0.15, -0.1) is 0 Å². The van der Waals surface area contributed by atoms with Gasteiger partial charge in [0.25, 0.3) is 0 Å². The first-order valence-electron chi connectivity index (χ1n) is 12.1. The zero-order valence-electron chi connectivity index (χ0n) is 20.4. The molecule has 0 spiro atoms. The fourth-order valence-corrected chi connectivity index (χ4v) is 6.60. The molecular weight excluding hydrogens is 388 g/mol. The van der Waals surface area contributed by atoms with E-state index in [1.807, 2.05) is 0 Å². The summed E-state index contributed by atoms with van der Waals surface area (Å²) in [6.45, 7) is 17.5. The molecule has 2 aliphatic rings. The summed E-state index contributed by atoms with van der Waals surface area (Å²) in [5.41, 5.74) is 17.4. The molecule has 2 heterocycles. The van der Waals surface area contributed by atoms with E-state index >= 15 is 0 Å².